The second-order valence-electron chi connectivity index (χ2n) is 6.65. The number of fused-ring (bicyclic) bond motifs is 1. The number of nitrogens with zero attached hydrogens (tertiary/aromatic N) is 2. The Balaban J connectivity index is 1.42. The summed E-state index contributed by atoms with van der Waals surface area (Å²) in [4.78, 5) is 33.5. The van der Waals surface area contributed by atoms with Crippen LogP contribution in [0.25, 0.3) is 22.4 Å². The zero-order valence-corrected chi connectivity index (χ0v) is 18.3. The molecule has 10 heteroatoms. The van der Waals surface area contributed by atoms with E-state index in [1.165, 1.54) is 24.7 Å². The molecule has 1 unspecified atom stereocenters. The first kappa shape index (κ1) is 21.3. The van der Waals surface area contributed by atoms with E-state index < -0.39 is 18.0 Å². The fourth-order valence-electron chi connectivity index (χ4n) is 3.00. The van der Waals surface area contributed by atoms with E-state index in [0.717, 1.165) is 5.56 Å². The van der Waals surface area contributed by atoms with Gasteiger partial charge in [0.25, 0.3) is 5.91 Å². The highest BCUT2D eigenvalue weighted by Crippen LogP contribution is 2.33. The maximum Gasteiger partial charge on any atom is 0.341 e. The van der Waals surface area contributed by atoms with Crippen molar-refractivity contribution in [2.75, 3.05) is 19.5 Å². The molecule has 0 aliphatic rings. The molecule has 0 bridgehead atoms. The van der Waals surface area contributed by atoms with Gasteiger partial charge >= 0.3 is 5.97 Å². The first-order valence-electron chi connectivity index (χ1n) is 9.52. The van der Waals surface area contributed by atoms with Crippen molar-refractivity contribution in [3.05, 3.63) is 53.7 Å². The van der Waals surface area contributed by atoms with Gasteiger partial charge in [-0.15, -0.1) is 11.3 Å². The molecule has 2 aromatic heterocycles. The fourth-order valence-corrected chi connectivity index (χ4v) is 3.72. The number of esters is 1. The normalized spacial score (nSPS) is 11.7. The Morgan fingerprint density at radius 1 is 1.12 bits per heavy atom. The largest absolute Gasteiger partial charge is 0.493 e. The first-order chi connectivity index (χ1) is 15.5. The molecule has 1 atom stereocenters. The van der Waals surface area contributed by atoms with Gasteiger partial charge in [-0.2, -0.15) is 0 Å². The topological polar surface area (TPSA) is 113 Å². The number of hydrogen-bond donors (Lipinski definition) is 1. The van der Waals surface area contributed by atoms with Crippen LogP contribution in [0.4, 0.5) is 5.13 Å². The number of anilines is 1. The second kappa shape index (κ2) is 9.06. The summed E-state index contributed by atoms with van der Waals surface area (Å²) >= 11 is 1.25. The maximum absolute atomic E-state index is 12.5. The van der Waals surface area contributed by atoms with Gasteiger partial charge in [-0.05, 0) is 37.3 Å². The van der Waals surface area contributed by atoms with Gasteiger partial charge in [-0.3, -0.25) is 10.1 Å². The molecule has 4 aromatic rings. The minimum absolute atomic E-state index is 0.223. The lowest BCUT2D eigenvalue weighted by Gasteiger charge is -2.12. The summed E-state index contributed by atoms with van der Waals surface area (Å²) in [5.41, 5.74) is 2.53. The Kier molecular flexibility index (Phi) is 6.04. The number of hydrogen-bond acceptors (Lipinski definition) is 9. The Hall–Kier alpha value is -3.92. The van der Waals surface area contributed by atoms with Crippen LogP contribution < -0.4 is 14.8 Å². The van der Waals surface area contributed by atoms with Gasteiger partial charge in [-0.25, -0.2) is 14.8 Å². The molecule has 4 rings (SSSR count). The summed E-state index contributed by atoms with van der Waals surface area (Å²) in [5, 5.41) is 4.85. The first-order valence-corrected chi connectivity index (χ1v) is 10.4. The van der Waals surface area contributed by atoms with Crippen LogP contribution in [0.5, 0.6) is 11.5 Å². The van der Waals surface area contributed by atoms with Crippen molar-refractivity contribution in [3.63, 3.8) is 0 Å². The Morgan fingerprint density at radius 3 is 2.72 bits per heavy atom. The van der Waals surface area contributed by atoms with E-state index in [1.807, 2.05) is 6.07 Å². The molecule has 0 saturated carbocycles. The SMILES string of the molecule is COc1ccc(-c2csc(NC(=O)C(C)OC(=O)c3cccc4ocnc34)n2)cc1OC. The Morgan fingerprint density at radius 2 is 1.94 bits per heavy atom. The average molecular weight is 453 g/mol. The second-order valence-corrected chi connectivity index (χ2v) is 7.51. The molecule has 1 amide bonds. The summed E-state index contributed by atoms with van der Waals surface area (Å²) in [6.07, 6.45) is 0.203. The number of methoxy groups -OCH3 is 2. The highest BCUT2D eigenvalue weighted by atomic mass is 32.1. The van der Waals surface area contributed by atoms with Crippen molar-refractivity contribution in [2.24, 2.45) is 0 Å². The number of carbonyl (C=O) groups excluding carboxylic acids is 2. The van der Waals surface area contributed by atoms with Gasteiger partial charge in [0, 0.05) is 10.9 Å². The summed E-state index contributed by atoms with van der Waals surface area (Å²) < 4.78 is 21.1. The van der Waals surface area contributed by atoms with E-state index in [-0.39, 0.29) is 5.56 Å². The number of thiazole rings is 1. The third-order valence-corrected chi connectivity index (χ3v) is 5.40. The van der Waals surface area contributed by atoms with Crippen LogP contribution in [0.2, 0.25) is 0 Å². The summed E-state index contributed by atoms with van der Waals surface area (Å²) in [5.74, 6) is 0.0133. The Labute approximate surface area is 187 Å². The average Bonchev–Trinajstić information content (AvgIpc) is 3.47. The number of carbonyl (C=O) groups is 2. The zero-order valence-electron chi connectivity index (χ0n) is 17.4. The van der Waals surface area contributed by atoms with E-state index in [0.29, 0.717) is 33.4 Å². The van der Waals surface area contributed by atoms with E-state index in [4.69, 9.17) is 18.6 Å². The lowest BCUT2D eigenvalue weighted by molar-refractivity contribution is -0.123. The van der Waals surface area contributed by atoms with Crippen LogP contribution in [0, 0.1) is 0 Å². The van der Waals surface area contributed by atoms with Crippen molar-refractivity contribution >= 4 is 39.4 Å². The van der Waals surface area contributed by atoms with E-state index in [2.05, 4.69) is 15.3 Å². The predicted molar refractivity (Wildman–Crippen MR) is 118 cm³/mol. The highest BCUT2D eigenvalue weighted by Gasteiger charge is 2.22. The fraction of sp³-hybridized carbons (Fsp3) is 0.182. The third-order valence-electron chi connectivity index (χ3n) is 4.65. The molecule has 0 radical (unpaired) electrons. The molecular weight excluding hydrogens is 434 g/mol. The molecule has 164 valence electrons. The van der Waals surface area contributed by atoms with Crippen LogP contribution in [0.3, 0.4) is 0 Å². The molecule has 0 fully saturated rings. The van der Waals surface area contributed by atoms with Crippen LogP contribution in [-0.2, 0) is 9.53 Å². The number of rotatable bonds is 7. The quantitative estimate of drug-likeness (QED) is 0.415. The highest BCUT2D eigenvalue weighted by molar-refractivity contribution is 7.14. The number of ether oxygens (including phenoxy) is 3. The van der Waals surface area contributed by atoms with E-state index in [1.54, 1.807) is 49.9 Å². The van der Waals surface area contributed by atoms with Crippen LogP contribution >= 0.6 is 11.3 Å². The molecular formula is C22H19N3O6S. The van der Waals surface area contributed by atoms with Crippen molar-refractivity contribution in [1.29, 1.82) is 0 Å². The van der Waals surface area contributed by atoms with Gasteiger partial charge in [0.15, 0.2) is 34.7 Å². The zero-order chi connectivity index (χ0) is 22.7. The molecule has 32 heavy (non-hydrogen) atoms. The van der Waals surface area contributed by atoms with Gasteiger partial charge in [-0.1, -0.05) is 6.07 Å². The lowest BCUT2D eigenvalue weighted by atomic mass is 10.1. The number of benzene rings is 2. The van der Waals surface area contributed by atoms with E-state index in [9.17, 15) is 9.59 Å². The summed E-state index contributed by atoms with van der Waals surface area (Å²) in [6, 6.07) is 10.3. The number of aromatic nitrogens is 2. The molecule has 9 nitrogen and oxygen atoms in total. The molecule has 2 aromatic carbocycles. The lowest BCUT2D eigenvalue weighted by Crippen LogP contribution is -2.30. The van der Waals surface area contributed by atoms with Crippen LogP contribution in [0.15, 0.2) is 52.6 Å². The standard InChI is InChI=1S/C22H19N3O6S/c1-12(31-21(27)14-5-4-6-17-19(14)23-11-30-17)20(26)25-22-24-15(10-32-22)13-7-8-16(28-2)18(9-13)29-3/h4-12H,1-3H3,(H,24,25,26). The van der Waals surface area contributed by atoms with Crippen molar-refractivity contribution < 1.29 is 28.2 Å². The summed E-state index contributed by atoms with van der Waals surface area (Å²) in [6.45, 7) is 1.49. The molecule has 1 N–H and O–H groups in total. The molecule has 0 saturated heterocycles. The van der Waals surface area contributed by atoms with Crippen LogP contribution in [-0.4, -0.2) is 42.2 Å². The molecule has 0 aliphatic carbocycles. The number of para-hydroxylation sites is 1. The smallest absolute Gasteiger partial charge is 0.341 e. The van der Waals surface area contributed by atoms with Gasteiger partial charge in [0.2, 0.25) is 0 Å². The van der Waals surface area contributed by atoms with Crippen LogP contribution in [0.1, 0.15) is 17.3 Å². The monoisotopic (exact) mass is 453 g/mol. The predicted octanol–water partition coefficient (Wildman–Crippen LogP) is 4.15. The minimum Gasteiger partial charge on any atom is -0.493 e. The van der Waals surface area contributed by atoms with Gasteiger partial charge in [0.05, 0.1) is 25.5 Å². The third kappa shape index (κ3) is 4.26. The minimum atomic E-state index is -1.04. The van der Waals surface area contributed by atoms with Gasteiger partial charge < -0.3 is 18.6 Å². The molecule has 0 aliphatic heterocycles. The summed E-state index contributed by atoms with van der Waals surface area (Å²) in [7, 11) is 3.12. The van der Waals surface area contributed by atoms with Gasteiger partial charge in [0.1, 0.15) is 5.52 Å². The Bertz CT molecular complexity index is 1280. The van der Waals surface area contributed by atoms with Crippen molar-refractivity contribution in [3.8, 4) is 22.8 Å². The number of amides is 1. The maximum atomic E-state index is 12.5. The molecule has 2 heterocycles. The van der Waals surface area contributed by atoms with E-state index >= 15 is 0 Å². The van der Waals surface area contributed by atoms with Crippen molar-refractivity contribution in [1.82, 2.24) is 9.97 Å². The number of oxazole rings is 1. The van der Waals surface area contributed by atoms with Crippen molar-refractivity contribution in [2.45, 2.75) is 13.0 Å². The number of nitrogens with one attached hydrogen (secondary N) is 1. The molecule has 0 spiro atoms.